The summed E-state index contributed by atoms with van der Waals surface area (Å²) < 4.78 is 0. The first-order valence-corrected chi connectivity index (χ1v) is 8.93. The Labute approximate surface area is 157 Å². The van der Waals surface area contributed by atoms with Gasteiger partial charge in [0.2, 0.25) is 5.78 Å². The van der Waals surface area contributed by atoms with E-state index in [1.807, 2.05) is 42.5 Å². The molecule has 0 saturated heterocycles. The molecule has 4 nitrogen and oxygen atoms in total. The lowest BCUT2D eigenvalue weighted by molar-refractivity contribution is -0.140. The lowest BCUT2D eigenvalue weighted by atomic mass is 10.0. The van der Waals surface area contributed by atoms with Crippen LogP contribution in [0.3, 0.4) is 0 Å². The van der Waals surface area contributed by atoms with Gasteiger partial charge in [-0.3, -0.25) is 4.79 Å². The van der Waals surface area contributed by atoms with Gasteiger partial charge in [-0.2, -0.15) is 0 Å². The van der Waals surface area contributed by atoms with Crippen molar-refractivity contribution in [3.8, 4) is 11.8 Å². The van der Waals surface area contributed by atoms with Crippen molar-refractivity contribution in [1.82, 2.24) is 0 Å². The Kier molecular flexibility index (Phi) is 7.66. The van der Waals surface area contributed by atoms with Gasteiger partial charge in [-0.25, -0.2) is 4.79 Å². The van der Waals surface area contributed by atoms with Crippen molar-refractivity contribution in [2.75, 3.05) is 0 Å². The van der Waals surface area contributed by atoms with E-state index in [1.54, 1.807) is 30.8 Å². The highest BCUT2D eigenvalue weighted by atomic mass is 32.2. The molecule has 0 unspecified atom stereocenters. The second-order valence-corrected chi connectivity index (χ2v) is 6.46. The van der Waals surface area contributed by atoms with Gasteiger partial charge in [-0.1, -0.05) is 35.1 Å². The van der Waals surface area contributed by atoms with Crippen LogP contribution in [0.25, 0.3) is 0 Å². The molecule has 0 aliphatic heterocycles. The first kappa shape index (κ1) is 19.5. The highest BCUT2D eigenvalue weighted by Gasteiger charge is 2.15. The van der Waals surface area contributed by atoms with Crippen molar-refractivity contribution in [3.05, 3.63) is 60.2 Å². The molecule has 2 rings (SSSR count). The highest BCUT2D eigenvalue weighted by molar-refractivity contribution is 7.99. The van der Waals surface area contributed by atoms with Crippen molar-refractivity contribution in [1.29, 1.82) is 0 Å². The van der Waals surface area contributed by atoms with E-state index in [-0.39, 0.29) is 11.5 Å². The molecule has 2 aromatic rings. The van der Waals surface area contributed by atoms with Crippen LogP contribution in [0.2, 0.25) is 0 Å². The second-order valence-electron chi connectivity index (χ2n) is 5.32. The summed E-state index contributed by atoms with van der Waals surface area (Å²) in [5.74, 6) is 4.83. The minimum absolute atomic E-state index is 0.186. The number of ketones is 1. The molecule has 0 N–H and O–H groups in total. The van der Waals surface area contributed by atoms with Gasteiger partial charge in [0.05, 0.1) is 0 Å². The third-order valence-electron chi connectivity index (χ3n) is 3.31. The third kappa shape index (κ3) is 6.23. The van der Waals surface area contributed by atoms with Crippen molar-refractivity contribution in [3.63, 3.8) is 0 Å². The summed E-state index contributed by atoms with van der Waals surface area (Å²) in [6.07, 6.45) is 0.803. The number of hydrogen-bond donors (Lipinski definition) is 0. The van der Waals surface area contributed by atoms with Gasteiger partial charge in [0.25, 0.3) is 0 Å². The van der Waals surface area contributed by atoms with Crippen molar-refractivity contribution in [2.45, 2.75) is 36.5 Å². The van der Waals surface area contributed by atoms with Crippen molar-refractivity contribution in [2.24, 2.45) is 5.16 Å². The molecule has 132 valence electrons. The van der Waals surface area contributed by atoms with Crippen LogP contribution in [-0.4, -0.2) is 17.5 Å². The Hall–Kier alpha value is -2.84. The molecule has 0 saturated carbocycles. The zero-order chi connectivity index (χ0) is 18.8. The Balaban J connectivity index is 2.12. The number of hydrogen-bond acceptors (Lipinski definition) is 5. The molecule has 0 aliphatic rings. The summed E-state index contributed by atoms with van der Waals surface area (Å²) in [5, 5.41) is 3.71. The van der Waals surface area contributed by atoms with E-state index in [1.165, 1.54) is 6.92 Å². The van der Waals surface area contributed by atoms with Gasteiger partial charge in [0, 0.05) is 35.1 Å². The molecule has 0 aliphatic carbocycles. The van der Waals surface area contributed by atoms with E-state index in [2.05, 4.69) is 21.8 Å². The molecule has 0 amide bonds. The fourth-order valence-corrected chi connectivity index (χ4v) is 2.93. The van der Waals surface area contributed by atoms with Gasteiger partial charge in [0.15, 0.2) is 0 Å². The molecular weight excluding hydrogens is 346 g/mol. The predicted molar refractivity (Wildman–Crippen MR) is 103 cm³/mol. The molecule has 0 atom stereocenters. The maximum atomic E-state index is 12.6. The van der Waals surface area contributed by atoms with Crippen LogP contribution in [0.15, 0.2) is 69.5 Å². The summed E-state index contributed by atoms with van der Waals surface area (Å²) >= 11 is 1.62. The molecule has 0 heterocycles. The standard InChI is InChI=1S/C21H19NO3S/c1-3-4-6-11-20(22-25-16(2)23)21(24)17-12-14-19(15-13-17)26-18-9-7-5-8-10-18/h5,7-10,12-15H,6,11H2,1-2H3. The molecule has 26 heavy (non-hydrogen) atoms. The Bertz CT molecular complexity index is 846. The smallest absolute Gasteiger partial charge is 0.318 e. The molecule has 0 spiro atoms. The minimum Gasteiger partial charge on any atom is -0.318 e. The second kappa shape index (κ2) is 10.2. The average Bonchev–Trinajstić information content (AvgIpc) is 2.65. The lowest BCUT2D eigenvalue weighted by Gasteiger charge is -2.05. The van der Waals surface area contributed by atoms with Gasteiger partial charge in [-0.05, 0) is 43.3 Å². The van der Waals surface area contributed by atoms with Gasteiger partial charge >= 0.3 is 5.97 Å². The molecule has 0 radical (unpaired) electrons. The largest absolute Gasteiger partial charge is 0.331 e. The third-order valence-corrected chi connectivity index (χ3v) is 4.32. The Morgan fingerprint density at radius 1 is 1.04 bits per heavy atom. The zero-order valence-electron chi connectivity index (χ0n) is 14.7. The van der Waals surface area contributed by atoms with Crippen molar-refractivity contribution < 1.29 is 14.4 Å². The van der Waals surface area contributed by atoms with E-state index < -0.39 is 5.97 Å². The van der Waals surface area contributed by atoms with Crippen LogP contribution in [0.4, 0.5) is 0 Å². The topological polar surface area (TPSA) is 55.7 Å². The van der Waals surface area contributed by atoms with E-state index in [0.717, 1.165) is 9.79 Å². The van der Waals surface area contributed by atoms with Crippen LogP contribution >= 0.6 is 11.8 Å². The maximum Gasteiger partial charge on any atom is 0.331 e. The normalized spacial score (nSPS) is 10.6. The first-order valence-electron chi connectivity index (χ1n) is 8.12. The molecule has 2 aromatic carbocycles. The average molecular weight is 365 g/mol. The fourth-order valence-electron chi connectivity index (χ4n) is 2.09. The highest BCUT2D eigenvalue weighted by Crippen LogP contribution is 2.27. The Morgan fingerprint density at radius 3 is 2.31 bits per heavy atom. The van der Waals surface area contributed by atoms with Gasteiger partial charge in [-0.15, -0.1) is 11.8 Å². The van der Waals surface area contributed by atoms with Crippen molar-refractivity contribution >= 4 is 29.2 Å². The van der Waals surface area contributed by atoms with Gasteiger partial charge in [0.1, 0.15) is 5.71 Å². The van der Waals surface area contributed by atoms with E-state index in [0.29, 0.717) is 18.4 Å². The van der Waals surface area contributed by atoms with Crippen LogP contribution < -0.4 is 0 Å². The van der Waals surface area contributed by atoms with E-state index in [9.17, 15) is 9.59 Å². The number of oxime groups is 1. The van der Waals surface area contributed by atoms with Crippen LogP contribution in [0.5, 0.6) is 0 Å². The maximum absolute atomic E-state index is 12.6. The number of carbonyl (C=O) groups excluding carboxylic acids is 2. The predicted octanol–water partition coefficient (Wildman–Crippen LogP) is 4.74. The summed E-state index contributed by atoms with van der Waals surface area (Å²) in [6, 6.07) is 17.3. The number of rotatable bonds is 7. The van der Waals surface area contributed by atoms with E-state index in [4.69, 9.17) is 0 Å². The summed E-state index contributed by atoms with van der Waals surface area (Å²) in [4.78, 5) is 30.4. The number of benzene rings is 2. The SMILES string of the molecule is CC#CCCC(=NOC(C)=O)C(=O)c1ccc(Sc2ccccc2)cc1. The molecule has 0 bridgehead atoms. The quantitative estimate of drug-likeness (QED) is 0.234. The number of Topliss-reactive ketones (excluding diaryl/α,β-unsaturated/α-hetero) is 1. The number of nitrogens with zero attached hydrogens (tertiary/aromatic N) is 1. The molecule has 5 heteroatoms. The summed E-state index contributed by atoms with van der Waals surface area (Å²) in [7, 11) is 0. The lowest BCUT2D eigenvalue weighted by Crippen LogP contribution is -2.15. The molecular formula is C21H19NO3S. The number of carbonyl (C=O) groups is 2. The fraction of sp³-hybridized carbons (Fsp3) is 0.190. The van der Waals surface area contributed by atoms with Crippen LogP contribution in [-0.2, 0) is 9.63 Å². The monoisotopic (exact) mass is 365 g/mol. The molecule has 0 aromatic heterocycles. The van der Waals surface area contributed by atoms with Crippen LogP contribution in [0.1, 0.15) is 37.0 Å². The zero-order valence-corrected chi connectivity index (χ0v) is 15.5. The summed E-state index contributed by atoms with van der Waals surface area (Å²) in [6.45, 7) is 2.97. The Morgan fingerprint density at radius 2 is 1.69 bits per heavy atom. The molecule has 0 fully saturated rings. The van der Waals surface area contributed by atoms with Gasteiger partial charge < -0.3 is 4.84 Å². The van der Waals surface area contributed by atoms with E-state index >= 15 is 0 Å². The van der Waals surface area contributed by atoms with Crippen LogP contribution in [0, 0.1) is 11.8 Å². The first-order chi connectivity index (χ1) is 12.6. The minimum atomic E-state index is -0.563. The summed E-state index contributed by atoms with van der Waals surface area (Å²) in [5.41, 5.74) is 0.684.